The largest absolute Gasteiger partial charge is 0.367 e. The molecule has 0 heterocycles. The maximum atomic E-state index is 12.4. The van der Waals surface area contributed by atoms with Crippen molar-refractivity contribution in [3.05, 3.63) is 35.9 Å². The van der Waals surface area contributed by atoms with Crippen LogP contribution in [0, 0.1) is 12.3 Å². The summed E-state index contributed by atoms with van der Waals surface area (Å²) in [5.74, 6) is 2.43. The van der Waals surface area contributed by atoms with Gasteiger partial charge in [0.05, 0.1) is 6.54 Å². The van der Waals surface area contributed by atoms with Crippen molar-refractivity contribution in [3.63, 3.8) is 0 Å². The van der Waals surface area contributed by atoms with Crippen molar-refractivity contribution >= 4 is 5.91 Å². The van der Waals surface area contributed by atoms with E-state index in [4.69, 9.17) is 11.2 Å². The lowest BCUT2D eigenvalue weighted by atomic mass is 10.1. The van der Waals surface area contributed by atoms with Gasteiger partial charge in [-0.05, 0) is 12.0 Å². The quantitative estimate of drug-likeness (QED) is 0.719. The van der Waals surface area contributed by atoms with E-state index in [1.54, 1.807) is 4.90 Å². The molecule has 1 aromatic rings. The van der Waals surface area contributed by atoms with Gasteiger partial charge in [0.2, 0.25) is 0 Å². The van der Waals surface area contributed by atoms with Crippen molar-refractivity contribution in [1.82, 2.24) is 4.90 Å². The van der Waals surface area contributed by atoms with Gasteiger partial charge in [0.1, 0.15) is 0 Å². The highest BCUT2D eigenvalue weighted by Gasteiger charge is 2.24. The van der Waals surface area contributed by atoms with Gasteiger partial charge in [-0.1, -0.05) is 43.2 Å². The average Bonchev–Trinajstić information content (AvgIpc) is 2.40. The van der Waals surface area contributed by atoms with E-state index >= 15 is 0 Å². The summed E-state index contributed by atoms with van der Waals surface area (Å²) in [6.45, 7) is 2.98. The predicted octanol–water partition coefficient (Wildman–Crippen LogP) is 2.25. The third-order valence-corrected chi connectivity index (χ3v) is 2.65. The van der Waals surface area contributed by atoms with Gasteiger partial charge in [-0.15, -0.1) is 6.42 Å². The van der Waals surface area contributed by atoms with Crippen molar-refractivity contribution in [2.24, 2.45) is 0 Å². The molecule has 0 fully saturated rings. The van der Waals surface area contributed by atoms with Gasteiger partial charge in [-0.25, -0.2) is 0 Å². The van der Waals surface area contributed by atoms with E-state index in [0.717, 1.165) is 12.0 Å². The molecule has 1 unspecified atom stereocenters. The first-order chi connectivity index (χ1) is 8.74. The second-order valence-corrected chi connectivity index (χ2v) is 3.99. The van der Waals surface area contributed by atoms with Gasteiger partial charge in [0.15, 0.2) is 6.10 Å². The number of hydrogen-bond acceptors (Lipinski definition) is 2. The molecule has 18 heavy (non-hydrogen) atoms. The number of ether oxygens (including phenoxy) is 1. The van der Waals surface area contributed by atoms with E-state index in [1.807, 2.05) is 37.3 Å². The van der Waals surface area contributed by atoms with Crippen LogP contribution in [0.3, 0.4) is 0 Å². The Hall–Kier alpha value is -1.79. The van der Waals surface area contributed by atoms with E-state index in [2.05, 4.69) is 5.92 Å². The minimum Gasteiger partial charge on any atom is -0.367 e. The minimum absolute atomic E-state index is 0.0801. The maximum Gasteiger partial charge on any atom is 0.257 e. The Labute approximate surface area is 109 Å². The number of carbonyl (C=O) groups is 1. The molecule has 0 aliphatic heterocycles. The predicted molar refractivity (Wildman–Crippen MR) is 71.9 cm³/mol. The van der Waals surface area contributed by atoms with Gasteiger partial charge in [-0.3, -0.25) is 4.79 Å². The molecule has 0 aliphatic rings. The average molecular weight is 245 g/mol. The Morgan fingerprint density at radius 1 is 1.44 bits per heavy atom. The summed E-state index contributed by atoms with van der Waals surface area (Å²) in [6, 6.07) is 9.45. The molecule has 0 N–H and O–H groups in total. The van der Waals surface area contributed by atoms with Crippen LogP contribution in [-0.4, -0.2) is 31.0 Å². The molecular weight excluding hydrogens is 226 g/mol. The zero-order chi connectivity index (χ0) is 13.4. The third kappa shape index (κ3) is 3.61. The normalized spacial score (nSPS) is 11.6. The van der Waals surface area contributed by atoms with Gasteiger partial charge >= 0.3 is 0 Å². The molecule has 0 aromatic heterocycles. The number of rotatable bonds is 6. The van der Waals surface area contributed by atoms with Gasteiger partial charge in [0, 0.05) is 13.7 Å². The second kappa shape index (κ2) is 7.52. The van der Waals surface area contributed by atoms with Crippen LogP contribution >= 0.6 is 0 Å². The highest BCUT2D eigenvalue weighted by Crippen LogP contribution is 2.19. The SMILES string of the molecule is C#CCN(CCC)C(=O)C(OC)c1ccccc1. The van der Waals surface area contributed by atoms with Crippen LogP contribution in [0.1, 0.15) is 25.0 Å². The zero-order valence-corrected chi connectivity index (χ0v) is 10.9. The van der Waals surface area contributed by atoms with Crippen LogP contribution in [0.4, 0.5) is 0 Å². The van der Waals surface area contributed by atoms with E-state index in [9.17, 15) is 4.79 Å². The molecule has 3 nitrogen and oxygen atoms in total. The summed E-state index contributed by atoms with van der Waals surface area (Å²) >= 11 is 0. The lowest BCUT2D eigenvalue weighted by Crippen LogP contribution is -2.36. The van der Waals surface area contributed by atoms with Crippen molar-refractivity contribution in [2.45, 2.75) is 19.4 Å². The standard InChI is InChI=1S/C15H19NO2/c1-4-11-16(12-5-2)15(17)14(18-3)13-9-7-6-8-10-13/h1,6-10,14H,5,11-12H2,2-3H3. The van der Waals surface area contributed by atoms with E-state index in [0.29, 0.717) is 13.1 Å². The molecule has 0 spiro atoms. The Balaban J connectivity index is 2.87. The molecule has 0 aliphatic carbocycles. The third-order valence-electron chi connectivity index (χ3n) is 2.65. The maximum absolute atomic E-state index is 12.4. The fourth-order valence-corrected chi connectivity index (χ4v) is 1.82. The van der Waals surface area contributed by atoms with Crippen molar-refractivity contribution < 1.29 is 9.53 Å². The summed E-state index contributed by atoms with van der Waals surface area (Å²) in [5, 5.41) is 0. The second-order valence-electron chi connectivity index (χ2n) is 3.99. The molecule has 96 valence electrons. The van der Waals surface area contributed by atoms with Crippen LogP contribution in [0.15, 0.2) is 30.3 Å². The highest BCUT2D eigenvalue weighted by molar-refractivity contribution is 5.82. The monoisotopic (exact) mass is 245 g/mol. The molecular formula is C15H19NO2. The number of hydrogen-bond donors (Lipinski definition) is 0. The van der Waals surface area contributed by atoms with Gasteiger partial charge in [0.25, 0.3) is 5.91 Å². The van der Waals surface area contributed by atoms with Gasteiger partial charge in [-0.2, -0.15) is 0 Å². The number of carbonyl (C=O) groups excluding carboxylic acids is 1. The number of benzene rings is 1. The lowest BCUT2D eigenvalue weighted by Gasteiger charge is -2.24. The van der Waals surface area contributed by atoms with E-state index in [-0.39, 0.29) is 5.91 Å². The molecule has 0 bridgehead atoms. The summed E-state index contributed by atoms with van der Waals surface area (Å²) in [7, 11) is 1.54. The molecule has 1 aromatic carbocycles. The smallest absolute Gasteiger partial charge is 0.257 e. The molecule has 0 saturated carbocycles. The highest BCUT2D eigenvalue weighted by atomic mass is 16.5. The van der Waals surface area contributed by atoms with Crippen molar-refractivity contribution in [3.8, 4) is 12.3 Å². The number of amides is 1. The van der Waals surface area contributed by atoms with Crippen LogP contribution in [0.25, 0.3) is 0 Å². The first-order valence-corrected chi connectivity index (χ1v) is 6.04. The van der Waals surface area contributed by atoms with Crippen LogP contribution in [0.5, 0.6) is 0 Å². The van der Waals surface area contributed by atoms with Crippen LogP contribution < -0.4 is 0 Å². The Morgan fingerprint density at radius 2 is 2.11 bits per heavy atom. The Bertz CT molecular complexity index is 408. The number of nitrogens with zero attached hydrogens (tertiary/aromatic N) is 1. The van der Waals surface area contributed by atoms with E-state index < -0.39 is 6.10 Å². The molecule has 0 saturated heterocycles. The van der Waals surface area contributed by atoms with Crippen molar-refractivity contribution in [2.75, 3.05) is 20.2 Å². The van der Waals surface area contributed by atoms with Crippen LogP contribution in [0.2, 0.25) is 0 Å². The molecule has 1 amide bonds. The molecule has 3 heteroatoms. The molecule has 0 radical (unpaired) electrons. The lowest BCUT2D eigenvalue weighted by molar-refractivity contribution is -0.141. The van der Waals surface area contributed by atoms with Crippen LogP contribution in [-0.2, 0) is 9.53 Å². The molecule has 1 rings (SSSR count). The number of terminal acetylenes is 1. The topological polar surface area (TPSA) is 29.5 Å². The minimum atomic E-state index is -0.578. The first kappa shape index (κ1) is 14.3. The Morgan fingerprint density at radius 3 is 2.61 bits per heavy atom. The first-order valence-electron chi connectivity index (χ1n) is 6.04. The fourth-order valence-electron chi connectivity index (χ4n) is 1.82. The fraction of sp³-hybridized carbons (Fsp3) is 0.400. The summed E-state index contributed by atoms with van der Waals surface area (Å²) in [6.07, 6.45) is 5.59. The van der Waals surface area contributed by atoms with E-state index in [1.165, 1.54) is 7.11 Å². The van der Waals surface area contributed by atoms with Gasteiger partial charge < -0.3 is 9.64 Å². The zero-order valence-electron chi connectivity index (χ0n) is 10.9. The summed E-state index contributed by atoms with van der Waals surface area (Å²) in [4.78, 5) is 14.0. The van der Waals surface area contributed by atoms with Crippen molar-refractivity contribution in [1.29, 1.82) is 0 Å². The Kier molecular flexibility index (Phi) is 5.96. The molecule has 1 atom stereocenters. The number of methoxy groups -OCH3 is 1. The summed E-state index contributed by atoms with van der Waals surface area (Å²) in [5.41, 5.74) is 0.850. The summed E-state index contributed by atoms with van der Waals surface area (Å²) < 4.78 is 5.31.